The van der Waals surface area contributed by atoms with Crippen molar-refractivity contribution in [2.45, 2.75) is 39.3 Å². The van der Waals surface area contributed by atoms with Gasteiger partial charge in [0, 0.05) is 13.1 Å². The van der Waals surface area contributed by atoms with Crippen LogP contribution in [0.4, 0.5) is 11.9 Å². The minimum Gasteiger partial charge on any atom is -0.377 e. The molecule has 0 saturated carbocycles. The van der Waals surface area contributed by atoms with Crippen molar-refractivity contribution in [1.29, 1.82) is 0 Å². The Balaban J connectivity index is 1.90. The molecule has 2 atom stereocenters. The zero-order valence-corrected chi connectivity index (χ0v) is 15.4. The normalized spacial score (nSPS) is 25.4. The Bertz CT molecular complexity index is 559. The fourth-order valence-corrected chi connectivity index (χ4v) is 3.42. The predicted octanol–water partition coefficient (Wildman–Crippen LogP) is 2.00. The van der Waals surface area contributed by atoms with Crippen molar-refractivity contribution in [2.75, 3.05) is 49.3 Å². The van der Waals surface area contributed by atoms with E-state index in [1.807, 2.05) is 0 Å². The van der Waals surface area contributed by atoms with Crippen LogP contribution in [0, 0.1) is 5.92 Å². The number of halogens is 1. The van der Waals surface area contributed by atoms with E-state index >= 15 is 0 Å². The minimum atomic E-state index is 0.241. The fraction of sp³-hybridized carbons (Fsp3) is 0.812. The highest BCUT2D eigenvalue weighted by Gasteiger charge is 2.30. The first kappa shape index (κ1) is 17.6. The van der Waals surface area contributed by atoms with Gasteiger partial charge in [-0.05, 0) is 23.9 Å². The maximum atomic E-state index is 6.23. The smallest absolute Gasteiger partial charge is 0.231 e. The second-order valence-corrected chi connectivity index (χ2v) is 6.95. The van der Waals surface area contributed by atoms with Crippen molar-refractivity contribution < 1.29 is 9.47 Å². The Labute approximate surface area is 148 Å². The summed E-state index contributed by atoms with van der Waals surface area (Å²) in [5, 5.41) is 0.241. The number of hydrogen-bond acceptors (Lipinski definition) is 7. The lowest BCUT2D eigenvalue weighted by atomic mass is 10.0. The average Bonchev–Trinajstić information content (AvgIpc) is 2.61. The van der Waals surface area contributed by atoms with Crippen molar-refractivity contribution >= 4 is 23.5 Å². The summed E-state index contributed by atoms with van der Waals surface area (Å²) >= 11 is 6.23. The van der Waals surface area contributed by atoms with E-state index in [0.29, 0.717) is 44.2 Å². The molecular weight excluding hydrogens is 330 g/mol. The van der Waals surface area contributed by atoms with Gasteiger partial charge in [0.15, 0.2) is 0 Å². The third-order valence-electron chi connectivity index (χ3n) is 4.73. The van der Waals surface area contributed by atoms with Gasteiger partial charge >= 0.3 is 0 Å². The van der Waals surface area contributed by atoms with E-state index in [-0.39, 0.29) is 17.4 Å². The number of hydrogen-bond donors (Lipinski definition) is 0. The van der Waals surface area contributed by atoms with Gasteiger partial charge in [0.05, 0.1) is 38.5 Å². The van der Waals surface area contributed by atoms with Crippen LogP contribution in [0.2, 0.25) is 5.28 Å². The van der Waals surface area contributed by atoms with Crippen LogP contribution in [0.15, 0.2) is 0 Å². The second kappa shape index (κ2) is 7.80. The topological polar surface area (TPSA) is 63.6 Å². The van der Waals surface area contributed by atoms with Gasteiger partial charge in [0.25, 0.3) is 0 Å². The van der Waals surface area contributed by atoms with Gasteiger partial charge in [-0.2, -0.15) is 15.0 Å². The van der Waals surface area contributed by atoms with E-state index in [2.05, 4.69) is 40.5 Å². The lowest BCUT2D eigenvalue weighted by Crippen LogP contribution is -2.50. The predicted molar refractivity (Wildman–Crippen MR) is 93.9 cm³/mol. The van der Waals surface area contributed by atoms with Gasteiger partial charge < -0.3 is 19.3 Å². The molecule has 8 heteroatoms. The SMILES string of the molecule is CC[C@@H]1COCCN1c1nc(Cl)nc(N2CCOCC2C(C)C)n1. The molecule has 3 heterocycles. The lowest BCUT2D eigenvalue weighted by molar-refractivity contribution is 0.0796. The van der Waals surface area contributed by atoms with Crippen LogP contribution < -0.4 is 9.80 Å². The first-order chi connectivity index (χ1) is 11.6. The number of aromatic nitrogens is 3. The molecule has 2 saturated heterocycles. The molecule has 0 amide bonds. The summed E-state index contributed by atoms with van der Waals surface area (Å²) in [4.78, 5) is 17.9. The third kappa shape index (κ3) is 3.73. The number of anilines is 2. The first-order valence-electron chi connectivity index (χ1n) is 8.70. The van der Waals surface area contributed by atoms with Crippen LogP contribution >= 0.6 is 11.6 Å². The van der Waals surface area contributed by atoms with Gasteiger partial charge in [-0.1, -0.05) is 20.8 Å². The van der Waals surface area contributed by atoms with Crippen molar-refractivity contribution in [3.05, 3.63) is 5.28 Å². The second-order valence-electron chi connectivity index (χ2n) is 6.61. The highest BCUT2D eigenvalue weighted by Crippen LogP contribution is 2.25. The molecule has 24 heavy (non-hydrogen) atoms. The molecule has 0 bridgehead atoms. The minimum absolute atomic E-state index is 0.241. The molecule has 0 radical (unpaired) electrons. The molecular formula is C16H26ClN5O2. The molecule has 2 fully saturated rings. The highest BCUT2D eigenvalue weighted by molar-refractivity contribution is 6.28. The quantitative estimate of drug-likeness (QED) is 0.818. The molecule has 2 aliphatic heterocycles. The van der Waals surface area contributed by atoms with E-state index in [0.717, 1.165) is 19.5 Å². The molecule has 1 unspecified atom stereocenters. The molecule has 7 nitrogen and oxygen atoms in total. The molecule has 0 N–H and O–H groups in total. The molecule has 2 aliphatic rings. The van der Waals surface area contributed by atoms with Crippen molar-refractivity contribution in [3.63, 3.8) is 0 Å². The van der Waals surface area contributed by atoms with Crippen LogP contribution in [0.25, 0.3) is 0 Å². The summed E-state index contributed by atoms with van der Waals surface area (Å²) in [7, 11) is 0. The monoisotopic (exact) mass is 355 g/mol. The molecule has 1 aromatic heterocycles. The van der Waals surface area contributed by atoms with Crippen molar-refractivity contribution in [2.24, 2.45) is 5.92 Å². The van der Waals surface area contributed by atoms with Crippen LogP contribution in [0.1, 0.15) is 27.2 Å². The Morgan fingerprint density at radius 3 is 2.33 bits per heavy atom. The zero-order chi connectivity index (χ0) is 17.1. The van der Waals surface area contributed by atoms with Gasteiger partial charge in [-0.15, -0.1) is 0 Å². The fourth-order valence-electron chi connectivity index (χ4n) is 3.27. The molecule has 0 aromatic carbocycles. The van der Waals surface area contributed by atoms with Gasteiger partial charge in [-0.3, -0.25) is 0 Å². The Hall–Kier alpha value is -1.18. The number of nitrogens with zero attached hydrogens (tertiary/aromatic N) is 5. The Morgan fingerprint density at radius 2 is 1.67 bits per heavy atom. The summed E-state index contributed by atoms with van der Waals surface area (Å²) < 4.78 is 11.2. The van der Waals surface area contributed by atoms with E-state index in [9.17, 15) is 0 Å². The Kier molecular flexibility index (Phi) is 5.73. The largest absolute Gasteiger partial charge is 0.377 e. The van der Waals surface area contributed by atoms with E-state index in [1.54, 1.807) is 0 Å². The summed E-state index contributed by atoms with van der Waals surface area (Å²) in [6.07, 6.45) is 0.977. The molecule has 0 aliphatic carbocycles. The summed E-state index contributed by atoms with van der Waals surface area (Å²) in [5.74, 6) is 1.73. The van der Waals surface area contributed by atoms with Gasteiger partial charge in [-0.25, -0.2) is 0 Å². The van der Waals surface area contributed by atoms with E-state index in [4.69, 9.17) is 26.1 Å². The lowest BCUT2D eigenvalue weighted by Gasteiger charge is -2.39. The van der Waals surface area contributed by atoms with E-state index < -0.39 is 0 Å². The molecule has 134 valence electrons. The molecule has 3 rings (SSSR count). The van der Waals surface area contributed by atoms with Crippen LogP contribution in [-0.4, -0.2) is 66.6 Å². The summed E-state index contributed by atoms with van der Waals surface area (Å²) in [6, 6.07) is 0.521. The van der Waals surface area contributed by atoms with E-state index in [1.165, 1.54) is 0 Å². The number of ether oxygens (including phenoxy) is 2. The zero-order valence-electron chi connectivity index (χ0n) is 14.6. The average molecular weight is 356 g/mol. The van der Waals surface area contributed by atoms with Gasteiger partial charge in [0.1, 0.15) is 0 Å². The van der Waals surface area contributed by atoms with Crippen LogP contribution in [0.3, 0.4) is 0 Å². The summed E-state index contributed by atoms with van der Waals surface area (Å²) in [5.41, 5.74) is 0. The number of morpholine rings is 2. The van der Waals surface area contributed by atoms with Crippen LogP contribution in [0.5, 0.6) is 0 Å². The van der Waals surface area contributed by atoms with Crippen molar-refractivity contribution in [1.82, 2.24) is 15.0 Å². The highest BCUT2D eigenvalue weighted by atomic mass is 35.5. The molecule has 0 spiro atoms. The van der Waals surface area contributed by atoms with Crippen LogP contribution in [-0.2, 0) is 9.47 Å². The maximum Gasteiger partial charge on any atom is 0.231 e. The third-order valence-corrected chi connectivity index (χ3v) is 4.90. The first-order valence-corrected chi connectivity index (χ1v) is 9.08. The summed E-state index contributed by atoms with van der Waals surface area (Å²) in [6.45, 7) is 10.8. The molecule has 1 aromatic rings. The van der Waals surface area contributed by atoms with Crippen molar-refractivity contribution in [3.8, 4) is 0 Å². The number of rotatable bonds is 4. The standard InChI is InChI=1S/C16H26ClN5O2/c1-4-12-9-23-7-5-21(12)15-18-14(17)19-16(20-15)22-6-8-24-10-13(22)11(2)3/h11-13H,4-10H2,1-3H3/t12-,13?/m1/s1. The Morgan fingerprint density at radius 1 is 1.04 bits per heavy atom. The maximum absolute atomic E-state index is 6.23. The van der Waals surface area contributed by atoms with Gasteiger partial charge in [0.2, 0.25) is 17.2 Å².